The fourth-order valence-electron chi connectivity index (χ4n) is 16.1. The molecular formula is C89H52N4S3. The van der Waals surface area contributed by atoms with Crippen LogP contribution in [0.4, 0.5) is 0 Å². The van der Waals surface area contributed by atoms with Gasteiger partial charge in [-0.25, -0.2) is 4.98 Å². The topological polar surface area (TPSA) is 27.7 Å². The van der Waals surface area contributed by atoms with Crippen LogP contribution in [-0.2, 0) is 0 Å². The van der Waals surface area contributed by atoms with Crippen molar-refractivity contribution in [3.8, 4) is 73.0 Å². The van der Waals surface area contributed by atoms with Gasteiger partial charge in [-0.3, -0.25) is 0 Å². The number of para-hydroxylation sites is 3. The van der Waals surface area contributed by atoms with Crippen LogP contribution in [0, 0.1) is 0 Å². The van der Waals surface area contributed by atoms with E-state index in [0.717, 1.165) is 72.7 Å². The van der Waals surface area contributed by atoms with Crippen molar-refractivity contribution >= 4 is 160 Å². The number of hydrogen-bond donors (Lipinski definition) is 0. The highest BCUT2D eigenvalue weighted by atomic mass is 32.1. The van der Waals surface area contributed by atoms with Crippen LogP contribution >= 0.6 is 34.0 Å². The van der Waals surface area contributed by atoms with E-state index in [-0.39, 0.29) is 0 Å². The molecule has 0 atom stereocenters. The van der Waals surface area contributed by atoms with Crippen LogP contribution in [-0.4, -0.2) is 18.7 Å². The lowest BCUT2D eigenvalue weighted by atomic mass is 9.95. The van der Waals surface area contributed by atoms with Crippen LogP contribution < -0.4 is 0 Å². The Morgan fingerprint density at radius 1 is 0.198 bits per heavy atom. The van der Waals surface area contributed by atoms with Gasteiger partial charge in [0.25, 0.3) is 0 Å². The van der Waals surface area contributed by atoms with Gasteiger partial charge in [0.05, 0.1) is 50.2 Å². The number of pyridine rings is 1. The van der Waals surface area contributed by atoms with Crippen LogP contribution in [0.1, 0.15) is 0 Å². The highest BCUT2D eigenvalue weighted by molar-refractivity contribution is 7.26. The molecule has 7 heteroatoms. The number of nitrogens with zero attached hydrogens (tertiary/aromatic N) is 4. The number of thiophene rings is 3. The molecule has 0 spiro atoms. The smallest absolute Gasteiger partial charge is 0.0731 e. The molecule has 96 heavy (non-hydrogen) atoms. The number of rotatable bonds is 8. The number of hydrogen-bond acceptors (Lipinski definition) is 4. The molecule has 21 aromatic rings. The zero-order chi connectivity index (χ0) is 62.7. The molecule has 0 aliphatic heterocycles. The van der Waals surface area contributed by atoms with Crippen molar-refractivity contribution in [2.75, 3.05) is 0 Å². The van der Waals surface area contributed by atoms with Crippen LogP contribution in [0.2, 0.25) is 0 Å². The maximum atomic E-state index is 5.84. The average Bonchev–Trinajstić information content (AvgIpc) is 1.60. The number of benzene rings is 14. The Morgan fingerprint density at radius 2 is 0.469 bits per heavy atom. The highest BCUT2D eigenvalue weighted by Crippen LogP contribution is 2.50. The molecule has 0 saturated heterocycles. The van der Waals surface area contributed by atoms with Crippen molar-refractivity contribution in [1.82, 2.24) is 18.7 Å². The molecule has 0 unspecified atom stereocenters. The predicted molar refractivity (Wildman–Crippen MR) is 413 cm³/mol. The summed E-state index contributed by atoms with van der Waals surface area (Å²) in [4.78, 5) is 5.84. The van der Waals surface area contributed by atoms with E-state index in [2.05, 4.69) is 329 Å². The highest BCUT2D eigenvalue weighted by Gasteiger charge is 2.25. The minimum Gasteiger partial charge on any atom is -0.309 e. The standard InChI is InChI=1S/C89H52N4S3/c1-7-37-72-64(25-1)84-58(61-34-18-46-81-87(61)67-28-4-10-43-78(67)94-81)31-15-40-75(84)91(72)55-23-13-21-53(49-55)70-51-57(93-74-39-9-3-27-66(74)86-60(33-17-42-77(86)93)63-36-20-48-83-89(63)69-30-6-12-45-80(69)96-83)52-71(90-70)54-22-14-24-56(50-54)92-73-38-8-2-26-65(73)85-59(32-16-41-76(85)92)62-35-19-47-82-88(62)68-29-5-11-44-79(68)95-82/h1-52H. The molecule has 0 aliphatic rings. The van der Waals surface area contributed by atoms with Gasteiger partial charge < -0.3 is 13.7 Å². The van der Waals surface area contributed by atoms with Crippen molar-refractivity contribution in [3.05, 3.63) is 315 Å². The zero-order valence-electron chi connectivity index (χ0n) is 51.5. The summed E-state index contributed by atoms with van der Waals surface area (Å²) in [6, 6.07) is 117. The second-order valence-corrected chi connectivity index (χ2v) is 28.4. The first kappa shape index (κ1) is 53.8. The molecule has 0 aliphatic carbocycles. The third-order valence-corrected chi connectivity index (χ3v) is 23.4. The van der Waals surface area contributed by atoms with E-state index >= 15 is 0 Å². The lowest BCUT2D eigenvalue weighted by molar-refractivity contribution is 1.15. The maximum absolute atomic E-state index is 5.84. The molecule has 0 radical (unpaired) electrons. The summed E-state index contributed by atoms with van der Waals surface area (Å²) < 4.78 is 15.2. The molecule has 0 N–H and O–H groups in total. The van der Waals surface area contributed by atoms with E-state index in [1.165, 1.54) is 126 Å². The number of fused-ring (bicyclic) bond motifs is 18. The molecule has 21 rings (SSSR count). The number of aromatic nitrogens is 4. The Morgan fingerprint density at radius 3 is 0.833 bits per heavy atom. The van der Waals surface area contributed by atoms with Crippen molar-refractivity contribution in [2.24, 2.45) is 0 Å². The summed E-state index contributed by atoms with van der Waals surface area (Å²) in [7, 11) is 0. The summed E-state index contributed by atoms with van der Waals surface area (Å²) in [6.07, 6.45) is 0. The fraction of sp³-hybridized carbons (Fsp3) is 0. The molecule has 0 fully saturated rings. The molecule has 0 saturated carbocycles. The Balaban J connectivity index is 0.783. The van der Waals surface area contributed by atoms with Crippen LogP contribution in [0.15, 0.2) is 315 Å². The Bertz CT molecular complexity index is 6570. The minimum atomic E-state index is 0.875. The van der Waals surface area contributed by atoms with Gasteiger partial charge in [-0.15, -0.1) is 34.0 Å². The normalized spacial score (nSPS) is 12.2. The second kappa shape index (κ2) is 20.9. The summed E-state index contributed by atoms with van der Waals surface area (Å²) in [6.45, 7) is 0. The molecule has 0 amide bonds. The van der Waals surface area contributed by atoms with Crippen LogP contribution in [0.3, 0.4) is 0 Å². The van der Waals surface area contributed by atoms with Crippen molar-refractivity contribution in [2.45, 2.75) is 0 Å². The van der Waals surface area contributed by atoms with E-state index in [1.807, 2.05) is 34.0 Å². The summed E-state index contributed by atoms with van der Waals surface area (Å²) in [5.74, 6) is 0. The van der Waals surface area contributed by atoms with Gasteiger partial charge in [0, 0.05) is 115 Å². The van der Waals surface area contributed by atoms with Gasteiger partial charge in [0.15, 0.2) is 0 Å². The Labute approximate surface area is 562 Å². The predicted octanol–water partition coefficient (Wildman–Crippen LogP) is 25.8. The lowest BCUT2D eigenvalue weighted by Gasteiger charge is -2.16. The van der Waals surface area contributed by atoms with Crippen LogP contribution in [0.5, 0.6) is 0 Å². The third-order valence-electron chi connectivity index (χ3n) is 20.0. The van der Waals surface area contributed by atoms with Crippen molar-refractivity contribution in [1.29, 1.82) is 0 Å². The van der Waals surface area contributed by atoms with Crippen LogP contribution in [0.25, 0.3) is 199 Å². The van der Waals surface area contributed by atoms with Crippen molar-refractivity contribution < 1.29 is 0 Å². The zero-order valence-corrected chi connectivity index (χ0v) is 54.0. The van der Waals surface area contributed by atoms with E-state index in [0.29, 0.717) is 0 Å². The van der Waals surface area contributed by atoms with Gasteiger partial charge >= 0.3 is 0 Å². The van der Waals surface area contributed by atoms with E-state index < -0.39 is 0 Å². The molecular weight excluding hydrogens is 1220 g/mol. The molecule has 0 bridgehead atoms. The van der Waals surface area contributed by atoms with Gasteiger partial charge in [-0.1, -0.05) is 206 Å². The summed E-state index contributed by atoms with van der Waals surface area (Å²) in [5, 5.41) is 15.2. The lowest BCUT2D eigenvalue weighted by Crippen LogP contribution is -2.00. The SMILES string of the molecule is c1cc(-c2cc(-n3c4ccccc4c4c(-c5cccc6sc7ccccc7c56)cccc43)cc(-c3cccc(-n4c5ccccc5c5c(-c6cccc7sc8ccccc8c67)cccc54)c3)n2)cc(-n2c3ccccc3c3c(-c4cccc5sc6ccccc6c45)cccc32)c1. The van der Waals surface area contributed by atoms with E-state index in [4.69, 9.17) is 4.98 Å². The van der Waals surface area contributed by atoms with Gasteiger partial charge in [-0.2, -0.15) is 0 Å². The Kier molecular flexibility index (Phi) is 11.7. The Hall–Kier alpha value is -11.7. The minimum absolute atomic E-state index is 0.875. The molecule has 4 nitrogen and oxygen atoms in total. The second-order valence-electron chi connectivity index (χ2n) is 25.2. The monoisotopic (exact) mass is 1270 g/mol. The third kappa shape index (κ3) is 7.90. The summed E-state index contributed by atoms with van der Waals surface area (Å²) >= 11 is 5.61. The van der Waals surface area contributed by atoms with E-state index in [1.54, 1.807) is 0 Å². The fourth-order valence-corrected chi connectivity index (χ4v) is 19.5. The maximum Gasteiger partial charge on any atom is 0.0731 e. The summed E-state index contributed by atoms with van der Waals surface area (Å²) in [5.41, 5.74) is 21.3. The average molecular weight is 1270 g/mol. The largest absolute Gasteiger partial charge is 0.309 e. The molecule has 14 aromatic carbocycles. The first-order valence-corrected chi connectivity index (χ1v) is 35.1. The van der Waals surface area contributed by atoms with Gasteiger partial charge in [0.2, 0.25) is 0 Å². The van der Waals surface area contributed by atoms with Crippen molar-refractivity contribution in [3.63, 3.8) is 0 Å². The first-order valence-electron chi connectivity index (χ1n) is 32.7. The molecule has 7 heterocycles. The van der Waals surface area contributed by atoms with Gasteiger partial charge in [0.1, 0.15) is 0 Å². The quantitative estimate of drug-likeness (QED) is 0.149. The van der Waals surface area contributed by atoms with Gasteiger partial charge in [-0.05, 0) is 143 Å². The molecule has 7 aromatic heterocycles. The van der Waals surface area contributed by atoms with E-state index in [9.17, 15) is 0 Å². The first-order chi connectivity index (χ1) is 47.6. The molecule has 446 valence electrons.